The summed E-state index contributed by atoms with van der Waals surface area (Å²) in [5, 5.41) is 6.09. The van der Waals surface area contributed by atoms with Crippen molar-refractivity contribution in [1.29, 1.82) is 0 Å². The molecule has 0 aliphatic rings. The third-order valence-electron chi connectivity index (χ3n) is 2.94. The minimum absolute atomic E-state index is 0.0414. The number of nitrogens with zero attached hydrogens (tertiary/aromatic N) is 1. The van der Waals surface area contributed by atoms with Crippen LogP contribution in [0.25, 0.3) is 0 Å². The number of hydrogen-bond acceptors (Lipinski definition) is 3. The van der Waals surface area contributed by atoms with Crippen LogP contribution in [0, 0.1) is 13.8 Å². The van der Waals surface area contributed by atoms with Gasteiger partial charge >= 0.3 is 0 Å². The largest absolute Gasteiger partial charge is 0.376 e. The molecule has 2 N–H and O–H groups in total. The first-order chi connectivity index (χ1) is 8.99. The van der Waals surface area contributed by atoms with Crippen molar-refractivity contribution >= 4 is 11.6 Å². The molecular weight excluding hydrogens is 238 g/mol. The summed E-state index contributed by atoms with van der Waals surface area (Å²) in [5.74, 6) is 0.0414. The van der Waals surface area contributed by atoms with Gasteiger partial charge in [-0.05, 0) is 58.1 Å². The fourth-order valence-corrected chi connectivity index (χ4v) is 1.79. The Morgan fingerprint density at radius 1 is 1.26 bits per heavy atom. The van der Waals surface area contributed by atoms with Crippen LogP contribution < -0.4 is 10.6 Å². The molecule has 0 fully saturated rings. The van der Waals surface area contributed by atoms with Gasteiger partial charge in [-0.15, -0.1) is 0 Å². The number of rotatable bonds is 7. The number of carbonyl (C=O) groups is 1. The molecule has 0 saturated carbocycles. The van der Waals surface area contributed by atoms with Gasteiger partial charge in [0.05, 0.1) is 6.54 Å². The highest BCUT2D eigenvalue weighted by atomic mass is 16.1. The lowest BCUT2D eigenvalue weighted by Crippen LogP contribution is -2.32. The zero-order valence-electron chi connectivity index (χ0n) is 12.4. The van der Waals surface area contributed by atoms with Crippen LogP contribution in [0.2, 0.25) is 0 Å². The van der Waals surface area contributed by atoms with Gasteiger partial charge in [0.15, 0.2) is 0 Å². The van der Waals surface area contributed by atoms with Gasteiger partial charge in [-0.1, -0.05) is 12.1 Å². The predicted molar refractivity (Wildman–Crippen MR) is 80.6 cm³/mol. The number of anilines is 1. The molecule has 0 spiro atoms. The average molecular weight is 263 g/mol. The number of carbonyl (C=O) groups excluding carboxylic acids is 1. The molecule has 0 bridgehead atoms. The molecule has 1 aromatic rings. The van der Waals surface area contributed by atoms with Crippen molar-refractivity contribution in [2.24, 2.45) is 0 Å². The van der Waals surface area contributed by atoms with E-state index in [2.05, 4.69) is 33.7 Å². The van der Waals surface area contributed by atoms with Crippen molar-refractivity contribution in [2.45, 2.75) is 20.3 Å². The van der Waals surface area contributed by atoms with E-state index >= 15 is 0 Å². The van der Waals surface area contributed by atoms with E-state index in [1.807, 2.05) is 27.9 Å². The maximum absolute atomic E-state index is 11.7. The summed E-state index contributed by atoms with van der Waals surface area (Å²) in [6.07, 6.45) is 0.974. The van der Waals surface area contributed by atoms with Crippen LogP contribution in [-0.4, -0.2) is 44.5 Å². The Balaban J connectivity index is 2.28. The van der Waals surface area contributed by atoms with E-state index in [-0.39, 0.29) is 5.91 Å². The van der Waals surface area contributed by atoms with Crippen molar-refractivity contribution in [3.8, 4) is 0 Å². The molecule has 0 saturated heterocycles. The molecule has 1 rings (SSSR count). The highest BCUT2D eigenvalue weighted by Gasteiger charge is 2.03. The Bertz CT molecular complexity index is 416. The van der Waals surface area contributed by atoms with Gasteiger partial charge in [-0.25, -0.2) is 0 Å². The van der Waals surface area contributed by atoms with Crippen molar-refractivity contribution in [1.82, 2.24) is 10.2 Å². The third-order valence-corrected chi connectivity index (χ3v) is 2.94. The van der Waals surface area contributed by atoms with Crippen LogP contribution in [0.5, 0.6) is 0 Å². The number of amides is 1. The van der Waals surface area contributed by atoms with Gasteiger partial charge in [-0.3, -0.25) is 4.79 Å². The minimum atomic E-state index is 0.0414. The molecular formula is C15H25N3O. The normalized spacial score (nSPS) is 10.6. The predicted octanol–water partition coefficient (Wildman–Crippen LogP) is 1.78. The molecule has 0 heterocycles. The Hall–Kier alpha value is -1.55. The number of nitrogens with one attached hydrogen (secondary N) is 2. The summed E-state index contributed by atoms with van der Waals surface area (Å²) < 4.78 is 0. The van der Waals surface area contributed by atoms with E-state index in [1.165, 1.54) is 5.56 Å². The van der Waals surface area contributed by atoms with E-state index in [9.17, 15) is 4.79 Å². The second-order valence-electron chi connectivity index (χ2n) is 5.18. The van der Waals surface area contributed by atoms with Crippen LogP contribution in [-0.2, 0) is 4.79 Å². The first-order valence-corrected chi connectivity index (χ1v) is 6.71. The topological polar surface area (TPSA) is 44.4 Å². The van der Waals surface area contributed by atoms with E-state index in [1.54, 1.807) is 0 Å². The third kappa shape index (κ3) is 6.25. The zero-order valence-corrected chi connectivity index (χ0v) is 12.4. The molecule has 1 aromatic carbocycles. The fourth-order valence-electron chi connectivity index (χ4n) is 1.79. The highest BCUT2D eigenvalue weighted by Crippen LogP contribution is 2.15. The van der Waals surface area contributed by atoms with Gasteiger partial charge in [0, 0.05) is 12.2 Å². The highest BCUT2D eigenvalue weighted by molar-refractivity contribution is 5.80. The molecule has 106 valence electrons. The van der Waals surface area contributed by atoms with Crippen LogP contribution in [0.15, 0.2) is 18.2 Å². The van der Waals surface area contributed by atoms with Gasteiger partial charge in [0.25, 0.3) is 0 Å². The van der Waals surface area contributed by atoms with Gasteiger partial charge in [0.2, 0.25) is 5.91 Å². The monoisotopic (exact) mass is 263 g/mol. The van der Waals surface area contributed by atoms with Crippen molar-refractivity contribution in [3.63, 3.8) is 0 Å². The SMILES string of the molecule is Cc1ccc(C)c(NCC(=O)NCCCN(C)C)c1. The Morgan fingerprint density at radius 3 is 2.68 bits per heavy atom. The molecule has 19 heavy (non-hydrogen) atoms. The second-order valence-corrected chi connectivity index (χ2v) is 5.18. The average Bonchev–Trinajstić information content (AvgIpc) is 2.35. The summed E-state index contributed by atoms with van der Waals surface area (Å²) in [5.41, 5.74) is 3.38. The summed E-state index contributed by atoms with van der Waals surface area (Å²) in [6.45, 7) is 6.13. The lowest BCUT2D eigenvalue weighted by Gasteiger charge is -2.12. The van der Waals surface area contributed by atoms with Crippen LogP contribution >= 0.6 is 0 Å². The summed E-state index contributed by atoms with van der Waals surface area (Å²) in [4.78, 5) is 13.8. The molecule has 0 radical (unpaired) electrons. The molecule has 0 aliphatic carbocycles. The molecule has 4 heteroatoms. The maximum Gasteiger partial charge on any atom is 0.239 e. The summed E-state index contributed by atoms with van der Waals surface area (Å²) in [7, 11) is 4.06. The minimum Gasteiger partial charge on any atom is -0.376 e. The van der Waals surface area contributed by atoms with E-state index in [0.717, 1.165) is 30.8 Å². The lowest BCUT2D eigenvalue weighted by atomic mass is 10.1. The van der Waals surface area contributed by atoms with Crippen LogP contribution in [0.3, 0.4) is 0 Å². The first-order valence-electron chi connectivity index (χ1n) is 6.71. The number of hydrogen-bond donors (Lipinski definition) is 2. The molecule has 0 aromatic heterocycles. The summed E-state index contributed by atoms with van der Waals surface area (Å²) >= 11 is 0. The van der Waals surface area contributed by atoms with Crippen LogP contribution in [0.1, 0.15) is 17.5 Å². The summed E-state index contributed by atoms with van der Waals surface area (Å²) in [6, 6.07) is 6.20. The first kappa shape index (κ1) is 15.5. The van der Waals surface area contributed by atoms with Crippen molar-refractivity contribution in [3.05, 3.63) is 29.3 Å². The van der Waals surface area contributed by atoms with Gasteiger partial charge in [-0.2, -0.15) is 0 Å². The van der Waals surface area contributed by atoms with Crippen molar-refractivity contribution in [2.75, 3.05) is 39.0 Å². The Morgan fingerprint density at radius 2 is 2.00 bits per heavy atom. The van der Waals surface area contributed by atoms with E-state index in [0.29, 0.717) is 6.54 Å². The number of aryl methyl sites for hydroxylation is 2. The quantitative estimate of drug-likeness (QED) is 0.737. The molecule has 4 nitrogen and oxygen atoms in total. The molecule has 0 unspecified atom stereocenters. The smallest absolute Gasteiger partial charge is 0.239 e. The van der Waals surface area contributed by atoms with E-state index < -0.39 is 0 Å². The van der Waals surface area contributed by atoms with Crippen molar-refractivity contribution < 1.29 is 4.79 Å². The fraction of sp³-hybridized carbons (Fsp3) is 0.533. The standard InChI is InChI=1S/C15H25N3O/c1-12-6-7-13(2)14(10-12)17-11-15(19)16-8-5-9-18(3)4/h6-7,10,17H,5,8-9,11H2,1-4H3,(H,16,19). The van der Waals surface area contributed by atoms with Gasteiger partial charge < -0.3 is 15.5 Å². The molecule has 1 amide bonds. The Kier molecular flexibility index (Phi) is 6.36. The molecule has 0 atom stereocenters. The van der Waals surface area contributed by atoms with Crippen LogP contribution in [0.4, 0.5) is 5.69 Å². The lowest BCUT2D eigenvalue weighted by molar-refractivity contribution is -0.119. The zero-order chi connectivity index (χ0) is 14.3. The Labute approximate surface area is 116 Å². The number of benzene rings is 1. The maximum atomic E-state index is 11.7. The molecule has 0 aliphatic heterocycles. The van der Waals surface area contributed by atoms with E-state index in [4.69, 9.17) is 0 Å². The second kappa shape index (κ2) is 7.79. The van der Waals surface area contributed by atoms with Gasteiger partial charge in [0.1, 0.15) is 0 Å².